The van der Waals surface area contributed by atoms with Crippen LogP contribution in [0.2, 0.25) is 0 Å². The quantitative estimate of drug-likeness (QED) is 0.739. The Morgan fingerprint density at radius 2 is 2.13 bits per heavy atom. The molecule has 0 radical (unpaired) electrons. The highest BCUT2D eigenvalue weighted by Crippen LogP contribution is 2.10. The summed E-state index contributed by atoms with van der Waals surface area (Å²) in [5.41, 5.74) is 5.79. The van der Waals surface area contributed by atoms with E-state index >= 15 is 0 Å². The second kappa shape index (κ2) is 3.79. The minimum atomic E-state index is -0.646. The molecule has 1 amide bonds. The molecule has 2 aromatic rings. The van der Waals surface area contributed by atoms with Gasteiger partial charge in [0.15, 0.2) is 11.5 Å². The van der Waals surface area contributed by atoms with E-state index in [0.717, 1.165) is 5.56 Å². The number of pyridine rings is 1. The molecule has 6 heteroatoms. The predicted molar refractivity (Wildman–Crippen MR) is 51.6 cm³/mol. The van der Waals surface area contributed by atoms with Gasteiger partial charge in [0.2, 0.25) is 0 Å². The summed E-state index contributed by atoms with van der Waals surface area (Å²) in [6.07, 6.45) is 4.55. The first-order valence-corrected chi connectivity index (χ1v) is 4.17. The number of carbonyl (C=O) groups excluding carboxylic acids is 1. The molecule has 0 aliphatic rings. The molecule has 0 fully saturated rings. The van der Waals surface area contributed by atoms with Crippen LogP contribution in [0.15, 0.2) is 30.7 Å². The molecule has 0 saturated carbocycles. The van der Waals surface area contributed by atoms with Gasteiger partial charge in [-0.15, -0.1) is 10.2 Å². The van der Waals surface area contributed by atoms with Gasteiger partial charge in [0.05, 0.1) is 6.20 Å². The zero-order valence-electron chi connectivity index (χ0n) is 7.66. The Bertz CT molecular complexity index is 468. The molecular weight excluding hydrogens is 194 g/mol. The van der Waals surface area contributed by atoms with Gasteiger partial charge in [-0.2, -0.15) is 0 Å². The van der Waals surface area contributed by atoms with Crippen LogP contribution in [0, 0.1) is 0 Å². The maximum Gasteiger partial charge on any atom is 0.270 e. The highest BCUT2D eigenvalue weighted by molar-refractivity contribution is 5.90. The molecule has 0 aliphatic carbocycles. The summed E-state index contributed by atoms with van der Waals surface area (Å²) in [5, 5.41) is 7.41. The minimum Gasteiger partial charge on any atom is -0.364 e. The molecule has 0 saturated heterocycles. The van der Waals surface area contributed by atoms with Crippen LogP contribution in [-0.4, -0.2) is 26.1 Å². The summed E-state index contributed by atoms with van der Waals surface area (Å²) in [4.78, 5) is 18.6. The van der Waals surface area contributed by atoms with Crippen molar-refractivity contribution in [2.75, 3.05) is 0 Å². The molecule has 0 bridgehead atoms. The zero-order valence-corrected chi connectivity index (χ0v) is 7.66. The number of amides is 1. The first kappa shape index (κ1) is 9.20. The molecule has 74 valence electrons. The van der Waals surface area contributed by atoms with Crippen LogP contribution in [0.3, 0.4) is 0 Å². The van der Waals surface area contributed by atoms with Crippen molar-refractivity contribution in [3.63, 3.8) is 0 Å². The van der Waals surface area contributed by atoms with E-state index in [1.54, 1.807) is 24.5 Å². The molecule has 0 aliphatic heterocycles. The van der Waals surface area contributed by atoms with Crippen molar-refractivity contribution in [3.8, 4) is 11.4 Å². The SMILES string of the molecule is NC(=O)c1cnc(-c2cccnc2)nn1. The predicted octanol–water partition coefficient (Wildman–Crippen LogP) is 0.0325. The van der Waals surface area contributed by atoms with Gasteiger partial charge in [-0.05, 0) is 12.1 Å². The van der Waals surface area contributed by atoms with E-state index in [1.165, 1.54) is 6.20 Å². The third-order valence-corrected chi connectivity index (χ3v) is 1.73. The van der Waals surface area contributed by atoms with Gasteiger partial charge in [-0.1, -0.05) is 0 Å². The number of aromatic nitrogens is 4. The minimum absolute atomic E-state index is 0.0441. The van der Waals surface area contributed by atoms with E-state index in [9.17, 15) is 4.79 Å². The smallest absolute Gasteiger partial charge is 0.270 e. The monoisotopic (exact) mass is 201 g/mol. The normalized spacial score (nSPS) is 9.87. The van der Waals surface area contributed by atoms with Crippen LogP contribution in [0.1, 0.15) is 10.5 Å². The molecule has 2 heterocycles. The third kappa shape index (κ3) is 1.93. The fraction of sp³-hybridized carbons (Fsp3) is 0. The van der Waals surface area contributed by atoms with Crippen LogP contribution in [-0.2, 0) is 0 Å². The zero-order chi connectivity index (χ0) is 10.7. The van der Waals surface area contributed by atoms with E-state index in [1.807, 2.05) is 0 Å². The lowest BCUT2D eigenvalue weighted by Gasteiger charge is -1.97. The summed E-state index contributed by atoms with van der Waals surface area (Å²) in [5.74, 6) is -0.235. The van der Waals surface area contributed by atoms with E-state index in [-0.39, 0.29) is 5.69 Å². The Labute approximate surface area is 85.2 Å². The van der Waals surface area contributed by atoms with Gasteiger partial charge in [-0.25, -0.2) is 4.98 Å². The molecule has 0 unspecified atom stereocenters. The summed E-state index contributed by atoms with van der Waals surface area (Å²) in [6, 6.07) is 3.56. The fourth-order valence-electron chi connectivity index (χ4n) is 1.02. The lowest BCUT2D eigenvalue weighted by Crippen LogP contribution is -2.14. The molecule has 2 aromatic heterocycles. The van der Waals surface area contributed by atoms with E-state index in [0.29, 0.717) is 5.82 Å². The Morgan fingerprint density at radius 1 is 1.27 bits per heavy atom. The average molecular weight is 201 g/mol. The second-order valence-electron chi connectivity index (χ2n) is 2.77. The lowest BCUT2D eigenvalue weighted by molar-refractivity contribution is 0.0994. The van der Waals surface area contributed by atoms with Gasteiger partial charge in [0.1, 0.15) is 0 Å². The van der Waals surface area contributed by atoms with Crippen LogP contribution >= 0.6 is 0 Å². The van der Waals surface area contributed by atoms with Gasteiger partial charge in [0, 0.05) is 18.0 Å². The summed E-state index contributed by atoms with van der Waals surface area (Å²) < 4.78 is 0. The number of hydrogen-bond acceptors (Lipinski definition) is 5. The topological polar surface area (TPSA) is 94.7 Å². The Hall–Kier alpha value is -2.37. The number of carbonyl (C=O) groups is 1. The lowest BCUT2D eigenvalue weighted by atomic mass is 10.3. The van der Waals surface area contributed by atoms with Gasteiger partial charge >= 0.3 is 0 Å². The maximum absolute atomic E-state index is 10.7. The van der Waals surface area contributed by atoms with Crippen molar-refractivity contribution >= 4 is 5.91 Å². The van der Waals surface area contributed by atoms with Crippen LogP contribution in [0.25, 0.3) is 11.4 Å². The van der Waals surface area contributed by atoms with E-state index in [4.69, 9.17) is 5.73 Å². The van der Waals surface area contributed by atoms with Crippen LogP contribution < -0.4 is 5.73 Å². The molecule has 0 atom stereocenters. The van der Waals surface area contributed by atoms with E-state index < -0.39 is 5.91 Å². The summed E-state index contributed by atoms with van der Waals surface area (Å²) in [7, 11) is 0. The number of primary amides is 1. The number of rotatable bonds is 2. The fourth-order valence-corrected chi connectivity index (χ4v) is 1.02. The highest BCUT2D eigenvalue weighted by Gasteiger charge is 2.05. The van der Waals surface area contributed by atoms with Crippen molar-refractivity contribution in [3.05, 3.63) is 36.4 Å². The van der Waals surface area contributed by atoms with Gasteiger partial charge in [0.25, 0.3) is 5.91 Å². The van der Waals surface area contributed by atoms with Crippen molar-refractivity contribution in [2.24, 2.45) is 5.73 Å². The van der Waals surface area contributed by atoms with Crippen molar-refractivity contribution in [1.82, 2.24) is 20.2 Å². The van der Waals surface area contributed by atoms with E-state index in [2.05, 4.69) is 20.2 Å². The molecule has 0 aromatic carbocycles. The highest BCUT2D eigenvalue weighted by atomic mass is 16.1. The van der Waals surface area contributed by atoms with Gasteiger partial charge < -0.3 is 5.73 Å². The largest absolute Gasteiger partial charge is 0.364 e. The first-order chi connectivity index (χ1) is 7.27. The van der Waals surface area contributed by atoms with Gasteiger partial charge in [-0.3, -0.25) is 9.78 Å². The Kier molecular flexibility index (Phi) is 2.32. The number of nitrogens with two attached hydrogens (primary N) is 1. The molecular formula is C9H7N5O. The number of hydrogen-bond donors (Lipinski definition) is 1. The maximum atomic E-state index is 10.7. The molecule has 15 heavy (non-hydrogen) atoms. The molecule has 0 spiro atoms. The first-order valence-electron chi connectivity index (χ1n) is 4.17. The molecule has 6 nitrogen and oxygen atoms in total. The second-order valence-corrected chi connectivity index (χ2v) is 2.77. The Morgan fingerprint density at radius 3 is 2.67 bits per heavy atom. The van der Waals surface area contributed by atoms with Crippen molar-refractivity contribution in [1.29, 1.82) is 0 Å². The van der Waals surface area contributed by atoms with Crippen molar-refractivity contribution in [2.45, 2.75) is 0 Å². The summed E-state index contributed by atoms with van der Waals surface area (Å²) >= 11 is 0. The summed E-state index contributed by atoms with van der Waals surface area (Å²) in [6.45, 7) is 0. The van der Waals surface area contributed by atoms with Crippen LogP contribution in [0.4, 0.5) is 0 Å². The molecule has 2 rings (SSSR count). The number of nitrogens with zero attached hydrogens (tertiary/aromatic N) is 4. The standard InChI is InChI=1S/C9H7N5O/c10-8(15)7-5-12-9(14-13-7)6-2-1-3-11-4-6/h1-5H,(H2,10,15). The molecule has 2 N–H and O–H groups in total. The van der Waals surface area contributed by atoms with Crippen molar-refractivity contribution < 1.29 is 4.79 Å². The average Bonchev–Trinajstić information content (AvgIpc) is 2.30. The third-order valence-electron chi connectivity index (χ3n) is 1.73. The van der Waals surface area contributed by atoms with Crippen LogP contribution in [0.5, 0.6) is 0 Å². The Balaban J connectivity index is 2.36.